The van der Waals surface area contributed by atoms with Crippen molar-refractivity contribution >= 4 is 12.0 Å². The maximum absolute atomic E-state index is 12.1. The minimum Gasteiger partial charge on any atom is -0.467 e. The summed E-state index contributed by atoms with van der Waals surface area (Å²) in [6.07, 6.45) is 0. The van der Waals surface area contributed by atoms with E-state index in [0.717, 1.165) is 4.57 Å². The second-order valence-electron chi connectivity index (χ2n) is 4.78. The Kier molecular flexibility index (Phi) is 5.35. The van der Waals surface area contributed by atoms with Crippen molar-refractivity contribution in [1.82, 2.24) is 19.7 Å². The zero-order valence-corrected chi connectivity index (χ0v) is 13.6. The lowest BCUT2D eigenvalue weighted by Crippen LogP contribution is -2.37. The van der Waals surface area contributed by atoms with Gasteiger partial charge in [-0.25, -0.2) is 19.0 Å². The van der Waals surface area contributed by atoms with Gasteiger partial charge in [0.15, 0.2) is 0 Å². The molecule has 1 aromatic heterocycles. The number of carbonyl (C=O) groups excluding carboxylic acids is 2. The molecule has 0 saturated heterocycles. The molecule has 1 heterocycles. The minimum atomic E-state index is -0.724. The van der Waals surface area contributed by atoms with Crippen LogP contribution in [-0.4, -0.2) is 40.1 Å². The smallest absolute Gasteiger partial charge is 0.357 e. The molecule has 0 radical (unpaired) electrons. The summed E-state index contributed by atoms with van der Waals surface area (Å²) in [5.41, 5.74) is 0.286. The van der Waals surface area contributed by atoms with E-state index in [1.807, 2.05) is 0 Å². The summed E-state index contributed by atoms with van der Waals surface area (Å²) in [4.78, 5) is 35.9. The summed E-state index contributed by atoms with van der Waals surface area (Å²) in [6.45, 7) is 2.00. The molecule has 0 saturated carbocycles. The Bertz CT molecular complexity index is 808. The molecule has 2 rings (SSSR count). The number of hydrogen-bond acceptors (Lipinski definition) is 6. The molecule has 0 bridgehead atoms. The SMILES string of the molecule is CCOC(=O)c1ccccc1CNC(=O)n1nc(OC)n(C)c1=O. The molecule has 9 heteroatoms. The van der Waals surface area contributed by atoms with Gasteiger partial charge < -0.3 is 14.8 Å². The van der Waals surface area contributed by atoms with Crippen molar-refractivity contribution in [2.75, 3.05) is 13.7 Å². The molecule has 0 aliphatic heterocycles. The standard InChI is InChI=1S/C15H18N4O5/c1-4-24-12(20)11-8-6-5-7-10(11)9-16-13(21)19-15(22)18(2)14(17-19)23-3/h5-8H,4,9H2,1-3H3,(H,16,21). The van der Waals surface area contributed by atoms with Crippen molar-refractivity contribution in [2.45, 2.75) is 13.5 Å². The average Bonchev–Trinajstić information content (AvgIpc) is 2.88. The number of nitrogens with zero attached hydrogens (tertiary/aromatic N) is 3. The van der Waals surface area contributed by atoms with Crippen LogP contribution in [0.25, 0.3) is 0 Å². The molecule has 128 valence electrons. The normalized spacial score (nSPS) is 10.3. The lowest BCUT2D eigenvalue weighted by molar-refractivity contribution is 0.0525. The number of benzene rings is 1. The second-order valence-corrected chi connectivity index (χ2v) is 4.78. The predicted molar refractivity (Wildman–Crippen MR) is 84.1 cm³/mol. The predicted octanol–water partition coefficient (Wildman–Crippen LogP) is 0.525. The van der Waals surface area contributed by atoms with Gasteiger partial charge in [0.1, 0.15) is 0 Å². The maximum atomic E-state index is 12.1. The fraction of sp³-hybridized carbons (Fsp3) is 0.333. The summed E-state index contributed by atoms with van der Waals surface area (Å²) >= 11 is 0. The molecule has 1 amide bonds. The number of carbonyl (C=O) groups is 2. The first-order valence-electron chi connectivity index (χ1n) is 7.22. The first-order valence-corrected chi connectivity index (χ1v) is 7.22. The lowest BCUT2D eigenvalue weighted by Gasteiger charge is -2.09. The van der Waals surface area contributed by atoms with E-state index in [9.17, 15) is 14.4 Å². The number of esters is 1. The molecule has 0 aliphatic carbocycles. The zero-order valence-electron chi connectivity index (χ0n) is 13.6. The molecule has 0 fully saturated rings. The van der Waals surface area contributed by atoms with Crippen molar-refractivity contribution in [3.8, 4) is 6.01 Å². The zero-order chi connectivity index (χ0) is 17.7. The van der Waals surface area contributed by atoms with Crippen LogP contribution in [0.5, 0.6) is 6.01 Å². The van der Waals surface area contributed by atoms with Crippen molar-refractivity contribution in [2.24, 2.45) is 7.05 Å². The van der Waals surface area contributed by atoms with Crippen LogP contribution >= 0.6 is 0 Å². The van der Waals surface area contributed by atoms with Crippen LogP contribution in [0.1, 0.15) is 22.8 Å². The van der Waals surface area contributed by atoms with E-state index in [1.165, 1.54) is 14.2 Å². The number of ether oxygens (including phenoxy) is 2. The third-order valence-corrected chi connectivity index (χ3v) is 3.26. The summed E-state index contributed by atoms with van der Waals surface area (Å²) in [5.74, 6) is -0.473. The highest BCUT2D eigenvalue weighted by molar-refractivity contribution is 5.91. The van der Waals surface area contributed by atoms with Crippen LogP contribution in [0, 0.1) is 0 Å². The highest BCUT2D eigenvalue weighted by Gasteiger charge is 2.17. The Labute approximate surface area is 137 Å². The van der Waals surface area contributed by atoms with Gasteiger partial charge in [-0.15, -0.1) is 9.78 Å². The number of rotatable bonds is 5. The van der Waals surface area contributed by atoms with Crippen LogP contribution in [0.4, 0.5) is 4.79 Å². The minimum absolute atomic E-state index is 0.0158. The highest BCUT2D eigenvalue weighted by atomic mass is 16.5. The largest absolute Gasteiger partial charge is 0.467 e. The fourth-order valence-corrected chi connectivity index (χ4v) is 2.06. The number of nitrogens with one attached hydrogen (secondary N) is 1. The lowest BCUT2D eigenvalue weighted by atomic mass is 10.1. The molecule has 2 aromatic rings. The van der Waals surface area contributed by atoms with E-state index < -0.39 is 17.7 Å². The van der Waals surface area contributed by atoms with Crippen LogP contribution in [0.2, 0.25) is 0 Å². The molecule has 0 aliphatic rings. The van der Waals surface area contributed by atoms with E-state index in [4.69, 9.17) is 9.47 Å². The monoisotopic (exact) mass is 334 g/mol. The summed E-state index contributed by atoms with van der Waals surface area (Å²) < 4.78 is 11.6. The second kappa shape index (κ2) is 7.44. The van der Waals surface area contributed by atoms with Gasteiger partial charge in [-0.3, -0.25) is 0 Å². The molecule has 24 heavy (non-hydrogen) atoms. The van der Waals surface area contributed by atoms with E-state index >= 15 is 0 Å². The average molecular weight is 334 g/mol. The van der Waals surface area contributed by atoms with Gasteiger partial charge in [-0.1, -0.05) is 18.2 Å². The van der Waals surface area contributed by atoms with Crippen LogP contribution in [0.3, 0.4) is 0 Å². The van der Waals surface area contributed by atoms with Crippen molar-refractivity contribution < 1.29 is 19.1 Å². The Balaban J connectivity index is 2.16. The molecule has 0 atom stereocenters. The Hall–Kier alpha value is -3.10. The van der Waals surface area contributed by atoms with Gasteiger partial charge in [0, 0.05) is 13.6 Å². The van der Waals surface area contributed by atoms with Gasteiger partial charge in [-0.2, -0.15) is 0 Å². The van der Waals surface area contributed by atoms with Crippen molar-refractivity contribution in [3.63, 3.8) is 0 Å². The molecule has 1 N–H and O–H groups in total. The molecular weight excluding hydrogens is 316 g/mol. The first kappa shape index (κ1) is 17.3. The molecule has 9 nitrogen and oxygen atoms in total. The number of hydrogen-bond donors (Lipinski definition) is 1. The number of methoxy groups -OCH3 is 1. The highest BCUT2D eigenvalue weighted by Crippen LogP contribution is 2.10. The fourth-order valence-electron chi connectivity index (χ4n) is 2.06. The van der Waals surface area contributed by atoms with Crippen molar-refractivity contribution in [3.05, 3.63) is 45.9 Å². The van der Waals surface area contributed by atoms with Crippen LogP contribution in [0.15, 0.2) is 29.1 Å². The van der Waals surface area contributed by atoms with Crippen LogP contribution < -0.4 is 15.7 Å². The third kappa shape index (κ3) is 3.45. The molecule has 0 spiro atoms. The molecule has 0 unspecified atom stereocenters. The van der Waals surface area contributed by atoms with E-state index in [0.29, 0.717) is 15.8 Å². The van der Waals surface area contributed by atoms with Gasteiger partial charge in [0.05, 0.1) is 19.3 Å². The van der Waals surface area contributed by atoms with Gasteiger partial charge >= 0.3 is 23.7 Å². The summed E-state index contributed by atoms with van der Waals surface area (Å²) in [7, 11) is 2.79. The van der Waals surface area contributed by atoms with E-state index in [2.05, 4.69) is 10.4 Å². The Morgan fingerprint density at radius 3 is 2.62 bits per heavy atom. The molecular formula is C15H18N4O5. The first-order chi connectivity index (χ1) is 11.5. The number of amides is 1. The topological polar surface area (TPSA) is 104 Å². The third-order valence-electron chi connectivity index (χ3n) is 3.26. The van der Waals surface area contributed by atoms with Crippen LogP contribution in [-0.2, 0) is 18.3 Å². The van der Waals surface area contributed by atoms with E-state index in [-0.39, 0.29) is 19.2 Å². The quantitative estimate of drug-likeness (QED) is 0.800. The van der Waals surface area contributed by atoms with Gasteiger partial charge in [0.25, 0.3) is 0 Å². The van der Waals surface area contributed by atoms with Gasteiger partial charge in [-0.05, 0) is 18.6 Å². The maximum Gasteiger partial charge on any atom is 0.357 e. The Morgan fingerprint density at radius 2 is 2.00 bits per heavy atom. The molecule has 1 aromatic carbocycles. The Morgan fingerprint density at radius 1 is 1.29 bits per heavy atom. The van der Waals surface area contributed by atoms with Crippen molar-refractivity contribution in [1.29, 1.82) is 0 Å². The van der Waals surface area contributed by atoms with Gasteiger partial charge in [0.2, 0.25) is 0 Å². The van der Waals surface area contributed by atoms with E-state index in [1.54, 1.807) is 31.2 Å². The summed E-state index contributed by atoms with van der Waals surface area (Å²) in [5, 5.41) is 6.31. The summed E-state index contributed by atoms with van der Waals surface area (Å²) in [6, 6.07) is 6.02. The number of aromatic nitrogens is 3.